The number of carbonyl (C=O) groups excluding carboxylic acids is 1. The van der Waals surface area contributed by atoms with Crippen molar-refractivity contribution >= 4 is 39.3 Å². The van der Waals surface area contributed by atoms with Gasteiger partial charge in [0.25, 0.3) is 0 Å². The van der Waals surface area contributed by atoms with Crippen LogP contribution in [0.4, 0.5) is 0 Å². The highest BCUT2D eigenvalue weighted by Gasteiger charge is 2.12. The highest BCUT2D eigenvalue weighted by atomic mass is 35.5. The fraction of sp³-hybridized carbons (Fsp3) is 0. The molecule has 0 aliphatic heterocycles. The largest absolute Gasteiger partial charge is 0.337 e. The molecule has 0 bridgehead atoms. The molecule has 0 saturated carbocycles. The SMILES string of the molecule is O=C(c1ccccc1)c1ccc2nc(-c3ccc4ccc(Cl)cc4n3)[nH]c2c1. The van der Waals surface area contributed by atoms with Crippen LogP contribution in [0, 0.1) is 0 Å². The summed E-state index contributed by atoms with van der Waals surface area (Å²) in [6.45, 7) is 0. The maximum Gasteiger partial charge on any atom is 0.193 e. The lowest BCUT2D eigenvalue weighted by molar-refractivity contribution is 0.103. The van der Waals surface area contributed by atoms with E-state index in [4.69, 9.17) is 11.6 Å². The Labute approximate surface area is 165 Å². The molecule has 0 amide bonds. The number of H-pyrrole nitrogens is 1. The molecule has 5 heteroatoms. The third-order valence-electron chi connectivity index (χ3n) is 4.68. The third kappa shape index (κ3) is 2.94. The summed E-state index contributed by atoms with van der Waals surface area (Å²) in [5.41, 5.74) is 4.39. The standard InChI is InChI=1S/C23H14ClN3O/c24-17-9-6-14-7-11-19(25-20(14)13-17)23-26-18-10-8-16(12-21(18)27-23)22(28)15-4-2-1-3-5-15/h1-13H,(H,26,27). The molecule has 1 N–H and O–H groups in total. The number of nitrogens with zero attached hydrogens (tertiary/aromatic N) is 2. The summed E-state index contributed by atoms with van der Waals surface area (Å²) < 4.78 is 0. The van der Waals surface area contributed by atoms with Crippen LogP contribution >= 0.6 is 11.6 Å². The molecule has 28 heavy (non-hydrogen) atoms. The van der Waals surface area contributed by atoms with E-state index in [2.05, 4.69) is 15.0 Å². The Bertz CT molecular complexity index is 1340. The van der Waals surface area contributed by atoms with E-state index in [-0.39, 0.29) is 5.78 Å². The Balaban J connectivity index is 1.56. The molecule has 0 unspecified atom stereocenters. The van der Waals surface area contributed by atoms with Crippen molar-refractivity contribution < 1.29 is 4.79 Å². The number of carbonyl (C=O) groups is 1. The first-order valence-electron chi connectivity index (χ1n) is 8.83. The molecule has 134 valence electrons. The Morgan fingerprint density at radius 2 is 1.61 bits per heavy atom. The Hall–Kier alpha value is -3.50. The number of rotatable bonds is 3. The molecule has 2 heterocycles. The first-order valence-corrected chi connectivity index (χ1v) is 9.21. The first kappa shape index (κ1) is 16.7. The van der Waals surface area contributed by atoms with Crippen molar-refractivity contribution in [2.75, 3.05) is 0 Å². The number of pyridine rings is 1. The van der Waals surface area contributed by atoms with E-state index in [1.54, 1.807) is 6.07 Å². The lowest BCUT2D eigenvalue weighted by Crippen LogP contribution is -2.00. The first-order chi connectivity index (χ1) is 13.7. The van der Waals surface area contributed by atoms with Gasteiger partial charge in [0.2, 0.25) is 0 Å². The van der Waals surface area contributed by atoms with E-state index in [1.807, 2.05) is 72.8 Å². The van der Waals surface area contributed by atoms with Crippen LogP contribution in [0.5, 0.6) is 0 Å². The molecular formula is C23H14ClN3O. The van der Waals surface area contributed by atoms with Crippen molar-refractivity contribution in [3.05, 3.63) is 95.0 Å². The van der Waals surface area contributed by atoms with Gasteiger partial charge in [-0.1, -0.05) is 54.1 Å². The highest BCUT2D eigenvalue weighted by Crippen LogP contribution is 2.24. The van der Waals surface area contributed by atoms with Crippen molar-refractivity contribution in [2.24, 2.45) is 0 Å². The van der Waals surface area contributed by atoms with Gasteiger partial charge < -0.3 is 4.98 Å². The summed E-state index contributed by atoms with van der Waals surface area (Å²) >= 11 is 6.08. The Morgan fingerprint density at radius 3 is 2.46 bits per heavy atom. The smallest absolute Gasteiger partial charge is 0.193 e. The fourth-order valence-electron chi connectivity index (χ4n) is 3.25. The van der Waals surface area contributed by atoms with Gasteiger partial charge in [-0.2, -0.15) is 0 Å². The van der Waals surface area contributed by atoms with Crippen LogP contribution in [-0.4, -0.2) is 20.7 Å². The van der Waals surface area contributed by atoms with Gasteiger partial charge in [-0.15, -0.1) is 0 Å². The van der Waals surface area contributed by atoms with Crippen molar-refractivity contribution in [1.29, 1.82) is 0 Å². The minimum atomic E-state index is -0.0166. The lowest BCUT2D eigenvalue weighted by atomic mass is 10.0. The summed E-state index contributed by atoms with van der Waals surface area (Å²) in [6, 6.07) is 24.3. The maximum absolute atomic E-state index is 12.7. The number of hydrogen-bond acceptors (Lipinski definition) is 3. The van der Waals surface area contributed by atoms with Gasteiger partial charge in [0, 0.05) is 21.5 Å². The zero-order chi connectivity index (χ0) is 19.1. The summed E-state index contributed by atoms with van der Waals surface area (Å²) in [6.07, 6.45) is 0. The normalized spacial score (nSPS) is 11.2. The molecular weight excluding hydrogens is 370 g/mol. The van der Waals surface area contributed by atoms with Crippen LogP contribution in [0.25, 0.3) is 33.5 Å². The van der Waals surface area contributed by atoms with Gasteiger partial charge in [-0.05, 0) is 36.4 Å². The van der Waals surface area contributed by atoms with Crippen LogP contribution in [0.3, 0.4) is 0 Å². The third-order valence-corrected chi connectivity index (χ3v) is 4.91. The predicted molar refractivity (Wildman–Crippen MR) is 112 cm³/mol. The van der Waals surface area contributed by atoms with E-state index in [0.717, 1.165) is 27.6 Å². The Morgan fingerprint density at radius 1 is 0.786 bits per heavy atom. The summed E-state index contributed by atoms with van der Waals surface area (Å²) in [5, 5.41) is 1.66. The number of aromatic nitrogens is 3. The van der Waals surface area contributed by atoms with Crippen LogP contribution in [0.1, 0.15) is 15.9 Å². The minimum absolute atomic E-state index is 0.0166. The number of ketones is 1. The average Bonchev–Trinajstić information content (AvgIpc) is 3.16. The fourth-order valence-corrected chi connectivity index (χ4v) is 3.42. The molecule has 0 saturated heterocycles. The van der Waals surface area contributed by atoms with Crippen molar-refractivity contribution in [3.8, 4) is 11.5 Å². The number of benzene rings is 3. The van der Waals surface area contributed by atoms with Crippen molar-refractivity contribution in [2.45, 2.75) is 0 Å². The molecule has 4 nitrogen and oxygen atoms in total. The second-order valence-corrected chi connectivity index (χ2v) is 6.98. The topological polar surface area (TPSA) is 58.6 Å². The second kappa shape index (κ2) is 6.59. The number of fused-ring (bicyclic) bond motifs is 2. The van der Waals surface area contributed by atoms with E-state index >= 15 is 0 Å². The number of imidazole rings is 1. The number of hydrogen-bond donors (Lipinski definition) is 1. The van der Waals surface area contributed by atoms with Gasteiger partial charge in [-0.3, -0.25) is 4.79 Å². The summed E-state index contributed by atoms with van der Waals surface area (Å²) in [4.78, 5) is 25.2. The predicted octanol–water partition coefficient (Wildman–Crippen LogP) is 5.66. The molecule has 5 rings (SSSR count). The molecule has 5 aromatic rings. The zero-order valence-electron chi connectivity index (χ0n) is 14.7. The summed E-state index contributed by atoms with van der Waals surface area (Å²) in [7, 11) is 0. The van der Waals surface area contributed by atoms with Gasteiger partial charge >= 0.3 is 0 Å². The van der Waals surface area contributed by atoms with Crippen LogP contribution in [-0.2, 0) is 0 Å². The van der Waals surface area contributed by atoms with Gasteiger partial charge in [0.1, 0.15) is 5.69 Å². The monoisotopic (exact) mass is 383 g/mol. The Kier molecular flexibility index (Phi) is 3.92. The molecule has 0 spiro atoms. The average molecular weight is 384 g/mol. The van der Waals surface area contributed by atoms with Gasteiger partial charge in [0.15, 0.2) is 11.6 Å². The van der Waals surface area contributed by atoms with E-state index in [9.17, 15) is 4.79 Å². The molecule has 0 aliphatic rings. The number of nitrogens with one attached hydrogen (secondary N) is 1. The maximum atomic E-state index is 12.7. The molecule has 0 fully saturated rings. The van der Waals surface area contributed by atoms with Gasteiger partial charge in [-0.25, -0.2) is 9.97 Å². The van der Waals surface area contributed by atoms with E-state index < -0.39 is 0 Å². The molecule has 2 aromatic heterocycles. The van der Waals surface area contributed by atoms with Gasteiger partial charge in [0.05, 0.1) is 16.6 Å². The second-order valence-electron chi connectivity index (χ2n) is 6.55. The zero-order valence-corrected chi connectivity index (χ0v) is 15.4. The van der Waals surface area contributed by atoms with Crippen LogP contribution in [0.15, 0.2) is 78.9 Å². The molecule has 3 aromatic carbocycles. The van der Waals surface area contributed by atoms with Crippen LogP contribution < -0.4 is 0 Å². The van der Waals surface area contributed by atoms with E-state index in [1.165, 1.54) is 0 Å². The van der Waals surface area contributed by atoms with Crippen LogP contribution in [0.2, 0.25) is 5.02 Å². The minimum Gasteiger partial charge on any atom is -0.337 e. The van der Waals surface area contributed by atoms with E-state index in [0.29, 0.717) is 22.0 Å². The molecule has 0 aliphatic carbocycles. The highest BCUT2D eigenvalue weighted by molar-refractivity contribution is 6.31. The molecule has 0 atom stereocenters. The number of halogens is 1. The molecule has 0 radical (unpaired) electrons. The quantitative estimate of drug-likeness (QED) is 0.409. The van der Waals surface area contributed by atoms with Crippen molar-refractivity contribution in [3.63, 3.8) is 0 Å². The van der Waals surface area contributed by atoms with Crippen molar-refractivity contribution in [1.82, 2.24) is 15.0 Å². The number of aromatic amines is 1. The summed E-state index contributed by atoms with van der Waals surface area (Å²) in [5.74, 6) is 0.637. The lowest BCUT2D eigenvalue weighted by Gasteiger charge is -2.01.